The van der Waals surface area contributed by atoms with Crippen molar-refractivity contribution in [3.63, 3.8) is 0 Å². The van der Waals surface area contributed by atoms with Crippen LogP contribution in [0.25, 0.3) is 0 Å². The molecule has 0 bridgehead atoms. The average molecular weight is 297 g/mol. The third-order valence-electron chi connectivity index (χ3n) is 4.33. The van der Waals surface area contributed by atoms with Gasteiger partial charge in [-0.05, 0) is 18.8 Å². The van der Waals surface area contributed by atoms with Crippen LogP contribution in [-0.4, -0.2) is 23.1 Å². The minimum atomic E-state index is -1.03. The first-order valence-electron chi connectivity index (χ1n) is 7.58. The standard InChI is InChI=1S/C16H27NO4/c1-6-13(7-2)16(10-17,11(3)4)12(5)21-15(20)9-8-14(18)19/h11-13H,6-9H2,1-5H3,(H,18,19). The number of carbonyl (C=O) groups excluding carboxylic acids is 1. The fourth-order valence-corrected chi connectivity index (χ4v) is 3.11. The predicted octanol–water partition coefficient (Wildman–Crippen LogP) is 3.39. The maximum atomic E-state index is 11.7. The molecule has 0 aliphatic heterocycles. The number of carboxylic acids is 1. The Morgan fingerprint density at radius 1 is 1.19 bits per heavy atom. The number of rotatable bonds is 9. The molecule has 0 aromatic heterocycles. The summed E-state index contributed by atoms with van der Waals surface area (Å²) in [6.45, 7) is 9.72. The molecule has 0 fully saturated rings. The van der Waals surface area contributed by atoms with Crippen molar-refractivity contribution in [2.24, 2.45) is 17.3 Å². The SMILES string of the molecule is CCC(CC)C(C#N)(C(C)C)C(C)OC(=O)CCC(=O)O. The highest BCUT2D eigenvalue weighted by molar-refractivity contribution is 5.76. The summed E-state index contributed by atoms with van der Waals surface area (Å²) in [6, 6.07) is 2.39. The molecule has 2 unspecified atom stereocenters. The lowest BCUT2D eigenvalue weighted by atomic mass is 9.63. The first-order chi connectivity index (χ1) is 9.75. The van der Waals surface area contributed by atoms with Crippen molar-refractivity contribution >= 4 is 11.9 Å². The van der Waals surface area contributed by atoms with E-state index in [4.69, 9.17) is 9.84 Å². The Morgan fingerprint density at radius 2 is 1.71 bits per heavy atom. The van der Waals surface area contributed by atoms with Crippen LogP contribution in [0.2, 0.25) is 0 Å². The quantitative estimate of drug-likeness (QED) is 0.659. The lowest BCUT2D eigenvalue weighted by Crippen LogP contribution is -2.45. The monoisotopic (exact) mass is 297 g/mol. The molecule has 5 heteroatoms. The van der Waals surface area contributed by atoms with E-state index in [1.807, 2.05) is 27.7 Å². The summed E-state index contributed by atoms with van der Waals surface area (Å²) in [5.74, 6) is -1.43. The van der Waals surface area contributed by atoms with Crippen molar-refractivity contribution in [2.75, 3.05) is 0 Å². The van der Waals surface area contributed by atoms with Crippen molar-refractivity contribution in [3.05, 3.63) is 0 Å². The van der Waals surface area contributed by atoms with Crippen molar-refractivity contribution in [2.45, 2.75) is 66.4 Å². The van der Waals surface area contributed by atoms with E-state index in [0.717, 1.165) is 12.8 Å². The molecule has 2 atom stereocenters. The molecular weight excluding hydrogens is 270 g/mol. The molecule has 0 spiro atoms. The number of carbonyl (C=O) groups is 2. The van der Waals surface area contributed by atoms with Gasteiger partial charge in [0.15, 0.2) is 0 Å². The van der Waals surface area contributed by atoms with Gasteiger partial charge in [0.2, 0.25) is 0 Å². The molecule has 0 rings (SSSR count). The predicted molar refractivity (Wildman–Crippen MR) is 79.4 cm³/mol. The van der Waals surface area contributed by atoms with Gasteiger partial charge >= 0.3 is 11.9 Å². The number of hydrogen-bond acceptors (Lipinski definition) is 4. The van der Waals surface area contributed by atoms with Gasteiger partial charge in [0.25, 0.3) is 0 Å². The molecule has 21 heavy (non-hydrogen) atoms. The maximum absolute atomic E-state index is 11.7. The summed E-state index contributed by atoms with van der Waals surface area (Å²) in [7, 11) is 0. The number of aliphatic carboxylic acids is 1. The summed E-state index contributed by atoms with van der Waals surface area (Å²) in [5.41, 5.74) is -0.748. The molecule has 0 aromatic carbocycles. The van der Waals surface area contributed by atoms with Crippen LogP contribution in [0.15, 0.2) is 0 Å². The van der Waals surface area contributed by atoms with Gasteiger partial charge in [0.05, 0.1) is 24.3 Å². The summed E-state index contributed by atoms with van der Waals surface area (Å²) >= 11 is 0. The van der Waals surface area contributed by atoms with Gasteiger partial charge in [-0.3, -0.25) is 9.59 Å². The average Bonchev–Trinajstić information content (AvgIpc) is 2.41. The van der Waals surface area contributed by atoms with E-state index < -0.39 is 23.5 Å². The zero-order chi connectivity index (χ0) is 16.6. The lowest BCUT2D eigenvalue weighted by Gasteiger charge is -2.41. The van der Waals surface area contributed by atoms with Gasteiger partial charge in [-0.15, -0.1) is 0 Å². The van der Waals surface area contributed by atoms with E-state index in [9.17, 15) is 14.9 Å². The third kappa shape index (κ3) is 4.73. The lowest BCUT2D eigenvalue weighted by molar-refractivity contribution is -0.159. The summed E-state index contributed by atoms with van der Waals surface area (Å²) in [4.78, 5) is 22.2. The number of carboxylic acid groups (broad SMARTS) is 1. The first-order valence-corrected chi connectivity index (χ1v) is 7.58. The van der Waals surface area contributed by atoms with Crippen LogP contribution in [0.4, 0.5) is 0 Å². The Hall–Kier alpha value is -1.57. The zero-order valence-electron chi connectivity index (χ0n) is 13.7. The molecule has 1 N–H and O–H groups in total. The molecule has 120 valence electrons. The fraction of sp³-hybridized carbons (Fsp3) is 0.812. The second-order valence-corrected chi connectivity index (χ2v) is 5.74. The smallest absolute Gasteiger partial charge is 0.306 e. The van der Waals surface area contributed by atoms with E-state index in [-0.39, 0.29) is 24.7 Å². The largest absolute Gasteiger partial charge is 0.481 e. The minimum absolute atomic E-state index is 0.0367. The van der Waals surface area contributed by atoms with Gasteiger partial charge in [-0.2, -0.15) is 5.26 Å². The van der Waals surface area contributed by atoms with Crippen LogP contribution in [0.3, 0.4) is 0 Å². The number of nitrogens with zero attached hydrogens (tertiary/aromatic N) is 1. The molecule has 0 amide bonds. The molecule has 0 aliphatic rings. The fourth-order valence-electron chi connectivity index (χ4n) is 3.11. The number of esters is 1. The van der Waals surface area contributed by atoms with Gasteiger partial charge in [-0.25, -0.2) is 0 Å². The molecule has 0 aliphatic carbocycles. The van der Waals surface area contributed by atoms with Crippen LogP contribution < -0.4 is 0 Å². The Balaban J connectivity index is 5.14. The normalized spacial score (nSPS) is 15.3. The zero-order valence-corrected chi connectivity index (χ0v) is 13.7. The Bertz CT molecular complexity index is 396. The van der Waals surface area contributed by atoms with Crippen LogP contribution in [0.5, 0.6) is 0 Å². The van der Waals surface area contributed by atoms with Crippen LogP contribution in [0.1, 0.15) is 60.3 Å². The van der Waals surface area contributed by atoms with Gasteiger partial charge < -0.3 is 9.84 Å². The van der Waals surface area contributed by atoms with Crippen molar-refractivity contribution in [1.29, 1.82) is 5.26 Å². The highest BCUT2D eigenvalue weighted by Gasteiger charge is 2.47. The molecule has 0 aromatic rings. The molecule has 0 heterocycles. The van der Waals surface area contributed by atoms with Gasteiger partial charge in [0, 0.05) is 0 Å². The highest BCUT2D eigenvalue weighted by atomic mass is 16.5. The van der Waals surface area contributed by atoms with Crippen LogP contribution >= 0.6 is 0 Å². The van der Waals surface area contributed by atoms with Gasteiger partial charge in [-0.1, -0.05) is 40.5 Å². The number of hydrogen-bond donors (Lipinski definition) is 1. The van der Waals surface area contributed by atoms with E-state index in [2.05, 4.69) is 6.07 Å². The number of ether oxygens (including phenoxy) is 1. The van der Waals surface area contributed by atoms with Crippen molar-refractivity contribution < 1.29 is 19.4 Å². The minimum Gasteiger partial charge on any atom is -0.481 e. The molecule has 5 nitrogen and oxygen atoms in total. The second kappa shape index (κ2) is 8.66. The first kappa shape index (κ1) is 19.4. The Kier molecular flexibility index (Phi) is 8.01. The Morgan fingerprint density at radius 3 is 2.05 bits per heavy atom. The van der Waals surface area contributed by atoms with E-state index in [1.54, 1.807) is 6.92 Å². The van der Waals surface area contributed by atoms with E-state index in [1.165, 1.54) is 0 Å². The Labute approximate surface area is 127 Å². The van der Waals surface area contributed by atoms with Gasteiger partial charge in [0.1, 0.15) is 6.10 Å². The highest BCUT2D eigenvalue weighted by Crippen LogP contribution is 2.43. The van der Waals surface area contributed by atoms with E-state index >= 15 is 0 Å². The molecule has 0 saturated heterocycles. The molecule has 0 saturated carbocycles. The van der Waals surface area contributed by atoms with Crippen molar-refractivity contribution in [3.8, 4) is 6.07 Å². The van der Waals surface area contributed by atoms with Crippen LogP contribution in [0, 0.1) is 28.6 Å². The van der Waals surface area contributed by atoms with Crippen LogP contribution in [-0.2, 0) is 14.3 Å². The summed E-state index contributed by atoms with van der Waals surface area (Å²) in [5, 5.41) is 18.3. The molecular formula is C16H27NO4. The maximum Gasteiger partial charge on any atom is 0.306 e. The topological polar surface area (TPSA) is 87.4 Å². The van der Waals surface area contributed by atoms with E-state index in [0.29, 0.717) is 0 Å². The van der Waals surface area contributed by atoms with Crippen molar-refractivity contribution in [1.82, 2.24) is 0 Å². The summed E-state index contributed by atoms with van der Waals surface area (Å²) < 4.78 is 5.38. The third-order valence-corrected chi connectivity index (χ3v) is 4.33. The summed E-state index contributed by atoms with van der Waals surface area (Å²) in [6.07, 6.45) is 0.687. The second-order valence-electron chi connectivity index (χ2n) is 5.74. The number of nitriles is 1. The molecule has 0 radical (unpaired) electrons.